The number of carbonyl (C=O) groups excluding carboxylic acids is 1. The van der Waals surface area contributed by atoms with Crippen LogP contribution >= 0.6 is 0 Å². The van der Waals surface area contributed by atoms with Crippen LogP contribution in [0.25, 0.3) is 33.1 Å². The van der Waals surface area contributed by atoms with Gasteiger partial charge in [-0.15, -0.1) is 0 Å². The summed E-state index contributed by atoms with van der Waals surface area (Å²) in [7, 11) is 2.02. The summed E-state index contributed by atoms with van der Waals surface area (Å²) in [6, 6.07) is 15.6. The van der Waals surface area contributed by atoms with Gasteiger partial charge in [0, 0.05) is 54.8 Å². The Kier molecular flexibility index (Phi) is 4.02. The summed E-state index contributed by atoms with van der Waals surface area (Å²) in [5.41, 5.74) is 5.73. The molecular formula is C23H17N5O. The van der Waals surface area contributed by atoms with Crippen molar-refractivity contribution in [2.45, 2.75) is 0 Å². The molecule has 0 aliphatic rings. The normalized spacial score (nSPS) is 11.1. The zero-order valence-electron chi connectivity index (χ0n) is 15.7. The molecule has 140 valence electrons. The van der Waals surface area contributed by atoms with Crippen molar-refractivity contribution in [2.24, 2.45) is 7.05 Å². The van der Waals surface area contributed by atoms with Crippen molar-refractivity contribution in [1.29, 1.82) is 0 Å². The lowest BCUT2D eigenvalue weighted by atomic mass is 10.0. The molecule has 1 N–H and O–H groups in total. The molecule has 0 aliphatic carbocycles. The number of aromatic nitrogens is 4. The van der Waals surface area contributed by atoms with Gasteiger partial charge in [0.15, 0.2) is 0 Å². The number of hydrogen-bond donors (Lipinski definition) is 1. The van der Waals surface area contributed by atoms with Gasteiger partial charge in [0.1, 0.15) is 0 Å². The van der Waals surface area contributed by atoms with Crippen molar-refractivity contribution in [2.75, 3.05) is 5.32 Å². The Morgan fingerprint density at radius 3 is 2.76 bits per heavy atom. The van der Waals surface area contributed by atoms with Gasteiger partial charge in [-0.2, -0.15) is 0 Å². The smallest absolute Gasteiger partial charge is 0.257 e. The summed E-state index contributed by atoms with van der Waals surface area (Å²) in [6.07, 6.45) is 8.55. The third-order valence-electron chi connectivity index (χ3n) is 4.95. The number of pyridine rings is 1. The van der Waals surface area contributed by atoms with Crippen LogP contribution < -0.4 is 5.32 Å². The molecule has 0 unspecified atom stereocenters. The van der Waals surface area contributed by atoms with E-state index in [1.165, 1.54) is 5.39 Å². The topological polar surface area (TPSA) is 72.7 Å². The first-order valence-corrected chi connectivity index (χ1v) is 9.21. The number of nitrogens with one attached hydrogen (secondary N) is 1. The Bertz CT molecular complexity index is 1360. The molecule has 0 fully saturated rings. The van der Waals surface area contributed by atoms with E-state index >= 15 is 0 Å². The first kappa shape index (κ1) is 17.1. The van der Waals surface area contributed by atoms with Gasteiger partial charge in [0.2, 0.25) is 0 Å². The Balaban J connectivity index is 1.64. The lowest BCUT2D eigenvalue weighted by Crippen LogP contribution is -2.12. The Morgan fingerprint density at radius 2 is 1.90 bits per heavy atom. The number of aryl methyl sites for hydroxylation is 1. The SMILES string of the molecule is Cn1ccc2ccc(-c3cc(NC(=O)c4cccnc4)cc4nccnc34)cc21. The van der Waals surface area contributed by atoms with Crippen LogP contribution in [0.3, 0.4) is 0 Å². The van der Waals surface area contributed by atoms with E-state index in [0.717, 1.165) is 27.7 Å². The van der Waals surface area contributed by atoms with Gasteiger partial charge >= 0.3 is 0 Å². The molecule has 0 atom stereocenters. The van der Waals surface area contributed by atoms with Crippen molar-refractivity contribution in [1.82, 2.24) is 19.5 Å². The van der Waals surface area contributed by atoms with E-state index < -0.39 is 0 Å². The first-order chi connectivity index (χ1) is 14.2. The van der Waals surface area contributed by atoms with E-state index in [4.69, 9.17) is 0 Å². The van der Waals surface area contributed by atoms with Crippen molar-refractivity contribution >= 4 is 33.5 Å². The fraction of sp³-hybridized carbons (Fsp3) is 0.0435. The second kappa shape index (κ2) is 6.83. The molecule has 0 bridgehead atoms. The molecule has 0 saturated heterocycles. The van der Waals surface area contributed by atoms with E-state index in [0.29, 0.717) is 11.3 Å². The van der Waals surface area contributed by atoms with E-state index in [2.05, 4.69) is 49.1 Å². The summed E-state index contributed by atoms with van der Waals surface area (Å²) in [5, 5.41) is 4.13. The average Bonchev–Trinajstić information content (AvgIpc) is 3.14. The van der Waals surface area contributed by atoms with Crippen LogP contribution in [0.1, 0.15) is 10.4 Å². The Morgan fingerprint density at radius 1 is 1.00 bits per heavy atom. The van der Waals surface area contributed by atoms with Gasteiger partial charge < -0.3 is 9.88 Å². The van der Waals surface area contributed by atoms with Gasteiger partial charge in [-0.1, -0.05) is 12.1 Å². The van der Waals surface area contributed by atoms with Crippen molar-refractivity contribution in [3.63, 3.8) is 0 Å². The van der Waals surface area contributed by atoms with E-state index in [9.17, 15) is 4.79 Å². The minimum atomic E-state index is -0.217. The number of benzene rings is 2. The maximum atomic E-state index is 12.6. The van der Waals surface area contributed by atoms with Gasteiger partial charge in [-0.25, -0.2) is 0 Å². The zero-order valence-corrected chi connectivity index (χ0v) is 15.7. The molecular weight excluding hydrogens is 362 g/mol. The number of carbonyl (C=O) groups is 1. The van der Waals surface area contributed by atoms with Crippen molar-refractivity contribution in [3.8, 4) is 11.1 Å². The maximum absolute atomic E-state index is 12.6. The highest BCUT2D eigenvalue weighted by Gasteiger charge is 2.13. The lowest BCUT2D eigenvalue weighted by molar-refractivity contribution is 0.102. The monoisotopic (exact) mass is 379 g/mol. The number of amides is 1. The molecule has 0 aliphatic heterocycles. The quantitative estimate of drug-likeness (QED) is 0.503. The third kappa shape index (κ3) is 3.10. The fourth-order valence-corrected chi connectivity index (χ4v) is 3.50. The molecule has 2 aromatic carbocycles. The first-order valence-electron chi connectivity index (χ1n) is 9.21. The van der Waals surface area contributed by atoms with Crippen LogP contribution in [0.15, 0.2) is 79.5 Å². The molecule has 29 heavy (non-hydrogen) atoms. The van der Waals surface area contributed by atoms with Crippen molar-refractivity contribution in [3.05, 3.63) is 85.1 Å². The second-order valence-electron chi connectivity index (χ2n) is 6.84. The molecule has 6 nitrogen and oxygen atoms in total. The minimum absolute atomic E-state index is 0.217. The summed E-state index contributed by atoms with van der Waals surface area (Å²) in [5.74, 6) is -0.217. The van der Waals surface area contributed by atoms with E-state index in [1.54, 1.807) is 36.9 Å². The molecule has 1 amide bonds. The highest BCUT2D eigenvalue weighted by molar-refractivity contribution is 6.06. The molecule has 5 rings (SSSR count). The Hall–Kier alpha value is -4.06. The molecule has 0 saturated carbocycles. The van der Waals surface area contributed by atoms with Crippen LogP contribution in [-0.4, -0.2) is 25.4 Å². The van der Waals surface area contributed by atoms with Crippen LogP contribution in [-0.2, 0) is 7.05 Å². The molecule has 5 aromatic rings. The maximum Gasteiger partial charge on any atom is 0.257 e. The second-order valence-corrected chi connectivity index (χ2v) is 6.84. The standard InChI is InChI=1S/C23H17N5O/c1-28-10-6-15-4-5-16(11-21(15)28)19-12-18(13-20-22(19)26-9-8-25-20)27-23(29)17-3-2-7-24-14-17/h2-14H,1H3,(H,27,29). The summed E-state index contributed by atoms with van der Waals surface area (Å²) in [4.78, 5) is 25.6. The van der Waals surface area contributed by atoms with Gasteiger partial charge in [0.05, 0.1) is 16.6 Å². The lowest BCUT2D eigenvalue weighted by Gasteiger charge is -2.11. The summed E-state index contributed by atoms with van der Waals surface area (Å²) < 4.78 is 2.08. The van der Waals surface area contributed by atoms with Crippen LogP contribution in [0.5, 0.6) is 0 Å². The largest absolute Gasteiger partial charge is 0.351 e. The molecule has 3 heterocycles. The number of rotatable bonds is 3. The third-order valence-corrected chi connectivity index (χ3v) is 4.95. The van der Waals surface area contributed by atoms with Gasteiger partial charge in [0.25, 0.3) is 5.91 Å². The summed E-state index contributed by atoms with van der Waals surface area (Å²) >= 11 is 0. The highest BCUT2D eigenvalue weighted by Crippen LogP contribution is 2.32. The van der Waals surface area contributed by atoms with Gasteiger partial charge in [-0.05, 0) is 47.3 Å². The number of hydrogen-bond acceptors (Lipinski definition) is 4. The molecule has 3 aromatic heterocycles. The Labute approximate surface area is 166 Å². The fourth-order valence-electron chi connectivity index (χ4n) is 3.50. The average molecular weight is 379 g/mol. The van der Waals surface area contributed by atoms with E-state index in [1.807, 2.05) is 25.4 Å². The van der Waals surface area contributed by atoms with Crippen LogP contribution in [0, 0.1) is 0 Å². The molecule has 6 heteroatoms. The number of anilines is 1. The van der Waals surface area contributed by atoms with Crippen LogP contribution in [0.4, 0.5) is 5.69 Å². The minimum Gasteiger partial charge on any atom is -0.351 e. The predicted molar refractivity (Wildman–Crippen MR) is 114 cm³/mol. The van der Waals surface area contributed by atoms with Crippen LogP contribution in [0.2, 0.25) is 0 Å². The predicted octanol–water partition coefficient (Wildman–Crippen LogP) is 4.44. The zero-order chi connectivity index (χ0) is 19.8. The summed E-state index contributed by atoms with van der Waals surface area (Å²) in [6.45, 7) is 0. The number of fused-ring (bicyclic) bond motifs is 2. The van der Waals surface area contributed by atoms with Crippen molar-refractivity contribution < 1.29 is 4.79 Å². The van der Waals surface area contributed by atoms with E-state index in [-0.39, 0.29) is 5.91 Å². The number of nitrogens with zero attached hydrogens (tertiary/aromatic N) is 4. The highest BCUT2D eigenvalue weighted by atomic mass is 16.1. The molecule has 0 spiro atoms. The van der Waals surface area contributed by atoms with Gasteiger partial charge in [-0.3, -0.25) is 19.7 Å². The molecule has 0 radical (unpaired) electrons.